The van der Waals surface area contributed by atoms with Gasteiger partial charge in [-0.1, -0.05) is 53.3 Å². The summed E-state index contributed by atoms with van der Waals surface area (Å²) in [5.41, 5.74) is 2.52. The fourth-order valence-corrected chi connectivity index (χ4v) is 4.24. The number of likely N-dealkylation sites (tertiary alicyclic amines) is 1. The van der Waals surface area contributed by atoms with Crippen LogP contribution in [0.2, 0.25) is 0 Å². The standard InChI is InChI=1S/C22H21BrN2OS/c1-15-10-12-24(13-11-15)22(27)19-14-25(20-5-3-2-4-18(19)20)21(26)16-6-8-17(23)9-7-16/h2-9,14-15H,10-13H2,1H3. The van der Waals surface area contributed by atoms with Gasteiger partial charge in [-0.15, -0.1) is 0 Å². The van der Waals surface area contributed by atoms with Crippen LogP contribution in [0.3, 0.4) is 0 Å². The molecule has 0 spiro atoms. The third-order valence-corrected chi connectivity index (χ3v) is 6.33. The average Bonchev–Trinajstić information content (AvgIpc) is 3.08. The first kappa shape index (κ1) is 18.4. The molecule has 1 aliphatic rings. The Morgan fingerprint density at radius 3 is 2.44 bits per heavy atom. The lowest BCUT2D eigenvalue weighted by molar-refractivity contribution is 0.0965. The minimum absolute atomic E-state index is 0.0417. The third kappa shape index (κ3) is 3.58. The van der Waals surface area contributed by atoms with Gasteiger partial charge in [-0.2, -0.15) is 0 Å². The molecule has 0 saturated carbocycles. The maximum absolute atomic E-state index is 13.1. The van der Waals surface area contributed by atoms with Crippen LogP contribution in [0.25, 0.3) is 10.9 Å². The van der Waals surface area contributed by atoms with Crippen molar-refractivity contribution >= 4 is 49.9 Å². The van der Waals surface area contributed by atoms with Crippen LogP contribution in [0.15, 0.2) is 59.2 Å². The van der Waals surface area contributed by atoms with Crippen LogP contribution < -0.4 is 0 Å². The van der Waals surface area contributed by atoms with E-state index in [1.54, 1.807) is 4.57 Å². The number of benzene rings is 2. The van der Waals surface area contributed by atoms with E-state index >= 15 is 0 Å². The van der Waals surface area contributed by atoms with Crippen LogP contribution in [-0.2, 0) is 0 Å². The summed E-state index contributed by atoms with van der Waals surface area (Å²) < 4.78 is 2.69. The van der Waals surface area contributed by atoms with E-state index < -0.39 is 0 Å². The van der Waals surface area contributed by atoms with Crippen LogP contribution in [0.1, 0.15) is 35.7 Å². The highest BCUT2D eigenvalue weighted by Crippen LogP contribution is 2.26. The lowest BCUT2D eigenvalue weighted by Gasteiger charge is -2.32. The van der Waals surface area contributed by atoms with Gasteiger partial charge in [0.2, 0.25) is 0 Å². The predicted molar refractivity (Wildman–Crippen MR) is 117 cm³/mol. The number of fused-ring (bicyclic) bond motifs is 1. The Kier molecular flexibility index (Phi) is 5.15. The molecule has 138 valence electrons. The predicted octanol–water partition coefficient (Wildman–Crippen LogP) is 5.50. The molecule has 0 unspecified atom stereocenters. The van der Waals surface area contributed by atoms with E-state index in [4.69, 9.17) is 12.2 Å². The molecule has 0 radical (unpaired) electrons. The number of aromatic nitrogens is 1. The molecule has 1 fully saturated rings. The van der Waals surface area contributed by atoms with Crippen LogP contribution >= 0.6 is 28.1 Å². The van der Waals surface area contributed by atoms with Gasteiger partial charge in [0, 0.05) is 40.3 Å². The Hall–Kier alpha value is -1.98. The van der Waals surface area contributed by atoms with Crippen molar-refractivity contribution in [2.24, 2.45) is 5.92 Å². The van der Waals surface area contributed by atoms with Crippen molar-refractivity contribution in [3.63, 3.8) is 0 Å². The highest BCUT2D eigenvalue weighted by Gasteiger charge is 2.23. The smallest absolute Gasteiger partial charge is 0.262 e. The second kappa shape index (κ2) is 7.56. The number of rotatable bonds is 2. The zero-order valence-corrected chi connectivity index (χ0v) is 17.6. The third-order valence-electron chi connectivity index (χ3n) is 5.32. The van der Waals surface area contributed by atoms with Crippen molar-refractivity contribution in [2.45, 2.75) is 19.8 Å². The molecule has 27 heavy (non-hydrogen) atoms. The maximum atomic E-state index is 13.1. The van der Waals surface area contributed by atoms with Crippen molar-refractivity contribution in [3.05, 3.63) is 70.3 Å². The minimum Gasteiger partial charge on any atom is -0.362 e. The van der Waals surface area contributed by atoms with E-state index in [1.165, 1.54) is 0 Å². The topological polar surface area (TPSA) is 25.2 Å². The summed E-state index contributed by atoms with van der Waals surface area (Å²) in [5, 5.41) is 1.03. The molecule has 1 aromatic heterocycles. The molecule has 5 heteroatoms. The molecule has 0 aliphatic carbocycles. The monoisotopic (exact) mass is 440 g/mol. The van der Waals surface area contributed by atoms with E-state index in [0.717, 1.165) is 57.8 Å². The van der Waals surface area contributed by atoms with Crippen molar-refractivity contribution in [2.75, 3.05) is 13.1 Å². The zero-order valence-electron chi connectivity index (χ0n) is 15.2. The Balaban J connectivity index is 1.74. The molecular weight excluding hydrogens is 420 g/mol. The Bertz CT molecular complexity index is 1000. The molecule has 3 nitrogen and oxygen atoms in total. The molecule has 0 atom stereocenters. The Labute approximate surface area is 173 Å². The normalized spacial score (nSPS) is 15.3. The summed E-state index contributed by atoms with van der Waals surface area (Å²) >= 11 is 9.26. The van der Waals surface area contributed by atoms with Gasteiger partial charge < -0.3 is 4.90 Å². The van der Waals surface area contributed by atoms with Gasteiger partial charge in [0.1, 0.15) is 4.99 Å². The number of para-hydroxylation sites is 1. The van der Waals surface area contributed by atoms with Gasteiger partial charge in [0.25, 0.3) is 5.91 Å². The molecule has 4 rings (SSSR count). The first-order valence-corrected chi connectivity index (χ1v) is 10.4. The fourth-order valence-electron chi connectivity index (χ4n) is 3.63. The highest BCUT2D eigenvalue weighted by molar-refractivity contribution is 9.10. The minimum atomic E-state index is -0.0417. The van der Waals surface area contributed by atoms with Gasteiger partial charge in [0.15, 0.2) is 0 Å². The summed E-state index contributed by atoms with van der Waals surface area (Å²) in [6, 6.07) is 15.4. The van der Waals surface area contributed by atoms with Crippen LogP contribution in [0, 0.1) is 5.92 Å². The Morgan fingerprint density at radius 1 is 1.07 bits per heavy atom. The second-order valence-electron chi connectivity index (χ2n) is 7.22. The first-order chi connectivity index (χ1) is 13.0. The lowest BCUT2D eigenvalue weighted by atomic mass is 9.99. The average molecular weight is 441 g/mol. The summed E-state index contributed by atoms with van der Waals surface area (Å²) in [6.07, 6.45) is 4.24. The van der Waals surface area contributed by atoms with E-state index in [-0.39, 0.29) is 5.91 Å². The Morgan fingerprint density at radius 2 is 1.74 bits per heavy atom. The fraction of sp³-hybridized carbons (Fsp3) is 0.273. The SMILES string of the molecule is CC1CCN(C(=S)c2cn(C(=O)c3ccc(Br)cc3)c3ccccc23)CC1. The molecule has 0 bridgehead atoms. The van der Waals surface area contributed by atoms with Gasteiger partial charge in [-0.25, -0.2) is 0 Å². The summed E-state index contributed by atoms with van der Waals surface area (Å²) in [5.74, 6) is 0.712. The molecule has 1 saturated heterocycles. The maximum Gasteiger partial charge on any atom is 0.262 e. The van der Waals surface area contributed by atoms with E-state index in [2.05, 4.69) is 33.8 Å². The summed E-state index contributed by atoms with van der Waals surface area (Å²) in [6.45, 7) is 4.27. The van der Waals surface area contributed by atoms with Crippen LogP contribution in [0.4, 0.5) is 0 Å². The number of hydrogen-bond acceptors (Lipinski definition) is 2. The van der Waals surface area contributed by atoms with Crippen LogP contribution in [0.5, 0.6) is 0 Å². The largest absolute Gasteiger partial charge is 0.362 e. The summed E-state index contributed by atoms with van der Waals surface area (Å²) in [7, 11) is 0. The highest BCUT2D eigenvalue weighted by atomic mass is 79.9. The number of halogens is 1. The number of piperidine rings is 1. The van der Waals surface area contributed by atoms with Gasteiger partial charge in [-0.05, 0) is 49.1 Å². The van der Waals surface area contributed by atoms with Gasteiger partial charge in [-0.3, -0.25) is 9.36 Å². The molecular formula is C22H21BrN2OS. The molecule has 3 aromatic rings. The molecule has 2 aromatic carbocycles. The van der Waals surface area contributed by atoms with Crippen molar-refractivity contribution in [3.8, 4) is 0 Å². The molecule has 1 aliphatic heterocycles. The van der Waals surface area contributed by atoms with Gasteiger partial charge in [0.05, 0.1) is 5.52 Å². The number of nitrogens with zero attached hydrogens (tertiary/aromatic N) is 2. The quantitative estimate of drug-likeness (QED) is 0.491. The van der Waals surface area contributed by atoms with Crippen molar-refractivity contribution in [1.29, 1.82) is 0 Å². The van der Waals surface area contributed by atoms with Crippen molar-refractivity contribution < 1.29 is 4.79 Å². The molecule has 0 amide bonds. The van der Waals surface area contributed by atoms with Crippen molar-refractivity contribution in [1.82, 2.24) is 9.47 Å². The summed E-state index contributed by atoms with van der Waals surface area (Å²) in [4.78, 5) is 16.2. The van der Waals surface area contributed by atoms with Crippen LogP contribution in [-0.4, -0.2) is 33.5 Å². The molecule has 0 N–H and O–H groups in total. The lowest BCUT2D eigenvalue weighted by Crippen LogP contribution is -2.37. The van der Waals surface area contributed by atoms with E-state index in [9.17, 15) is 4.79 Å². The number of carbonyl (C=O) groups is 1. The van der Waals surface area contributed by atoms with E-state index in [1.807, 2.05) is 48.7 Å². The number of thiocarbonyl (C=S) groups is 1. The number of hydrogen-bond donors (Lipinski definition) is 0. The first-order valence-electron chi connectivity index (χ1n) is 9.24. The molecule has 2 heterocycles. The zero-order chi connectivity index (χ0) is 19.0. The number of carbonyl (C=O) groups excluding carboxylic acids is 1. The second-order valence-corrected chi connectivity index (χ2v) is 8.52. The van der Waals surface area contributed by atoms with E-state index in [0.29, 0.717) is 5.56 Å². The van der Waals surface area contributed by atoms with Gasteiger partial charge >= 0.3 is 0 Å².